The van der Waals surface area contributed by atoms with Gasteiger partial charge in [-0.1, -0.05) is 11.6 Å². The Bertz CT molecular complexity index is 274. The van der Waals surface area contributed by atoms with Crippen LogP contribution in [0.1, 0.15) is 0 Å². The maximum atomic E-state index is 5.66. The van der Waals surface area contributed by atoms with Crippen molar-refractivity contribution in [1.82, 2.24) is 9.97 Å². The third kappa shape index (κ3) is 3.19. The van der Waals surface area contributed by atoms with E-state index in [1.807, 2.05) is 0 Å². The zero-order valence-corrected chi connectivity index (χ0v) is 9.09. The third-order valence-corrected chi connectivity index (χ3v) is 2.00. The average Bonchev–Trinajstić information content (AvgIpc) is 1.82. The topological polar surface area (TPSA) is 35.0 Å². The molecule has 0 fully saturated rings. The van der Waals surface area contributed by atoms with Crippen molar-refractivity contribution >= 4 is 19.9 Å². The third-order valence-electron chi connectivity index (χ3n) is 0.997. The molecule has 0 aliphatic carbocycles. The molecule has 0 radical (unpaired) electrons. The molecule has 0 spiro atoms. The second kappa shape index (κ2) is 3.41. The minimum atomic E-state index is -1.60. The van der Waals surface area contributed by atoms with E-state index >= 15 is 0 Å². The monoisotopic (exact) mass is 202 g/mol. The van der Waals surface area contributed by atoms with Crippen LogP contribution in [-0.2, 0) is 0 Å². The fraction of sp³-hybridized carbons (Fsp3) is 0.429. The van der Waals surface area contributed by atoms with Crippen molar-refractivity contribution in [3.8, 4) is 6.01 Å². The molecule has 0 saturated heterocycles. The second-order valence-corrected chi connectivity index (χ2v) is 8.19. The molecule has 0 aliphatic heterocycles. The fourth-order valence-electron chi connectivity index (χ4n) is 0.643. The summed E-state index contributed by atoms with van der Waals surface area (Å²) in [4.78, 5) is 7.87. The van der Waals surface area contributed by atoms with Gasteiger partial charge in [0.15, 0.2) is 0 Å². The van der Waals surface area contributed by atoms with Crippen LogP contribution >= 0.6 is 11.6 Å². The Labute approximate surface area is 77.9 Å². The minimum absolute atomic E-state index is 0.377. The van der Waals surface area contributed by atoms with Crippen LogP contribution in [0.5, 0.6) is 6.01 Å². The number of halogens is 1. The molecular formula is C7H11ClN2OSi. The summed E-state index contributed by atoms with van der Waals surface area (Å²) in [5.74, 6) is 0. The number of hydrogen-bond donors (Lipinski definition) is 0. The maximum absolute atomic E-state index is 5.66. The normalized spacial score (nSPS) is 11.3. The van der Waals surface area contributed by atoms with Crippen molar-refractivity contribution in [2.45, 2.75) is 19.6 Å². The second-order valence-electron chi connectivity index (χ2n) is 3.38. The van der Waals surface area contributed by atoms with E-state index in [0.29, 0.717) is 11.2 Å². The molecular weight excluding hydrogens is 192 g/mol. The molecule has 0 unspecified atom stereocenters. The lowest BCUT2D eigenvalue weighted by atomic mass is 10.7. The van der Waals surface area contributed by atoms with Gasteiger partial charge in [0.2, 0.25) is 8.32 Å². The van der Waals surface area contributed by atoms with Crippen LogP contribution in [-0.4, -0.2) is 18.3 Å². The van der Waals surface area contributed by atoms with E-state index in [0.717, 1.165) is 0 Å². The van der Waals surface area contributed by atoms with E-state index in [1.54, 1.807) is 12.3 Å². The van der Waals surface area contributed by atoms with Crippen LogP contribution in [0.4, 0.5) is 0 Å². The number of hydrogen-bond acceptors (Lipinski definition) is 3. The van der Waals surface area contributed by atoms with Gasteiger partial charge >= 0.3 is 6.01 Å². The summed E-state index contributed by atoms with van der Waals surface area (Å²) >= 11 is 5.66. The first-order valence-electron chi connectivity index (χ1n) is 3.65. The Kier molecular flexibility index (Phi) is 2.69. The SMILES string of the molecule is C[Si](C)(C)Oc1nccc(Cl)n1. The van der Waals surface area contributed by atoms with Crippen molar-refractivity contribution in [3.63, 3.8) is 0 Å². The smallest absolute Gasteiger partial charge is 0.303 e. The van der Waals surface area contributed by atoms with Gasteiger partial charge in [0, 0.05) is 6.20 Å². The van der Waals surface area contributed by atoms with Crippen LogP contribution < -0.4 is 4.43 Å². The van der Waals surface area contributed by atoms with E-state index in [4.69, 9.17) is 16.0 Å². The first-order valence-corrected chi connectivity index (χ1v) is 7.43. The van der Waals surface area contributed by atoms with E-state index in [9.17, 15) is 0 Å². The predicted octanol–water partition coefficient (Wildman–Crippen LogP) is 2.34. The van der Waals surface area contributed by atoms with Gasteiger partial charge in [0.1, 0.15) is 5.15 Å². The molecule has 0 atom stereocenters. The molecule has 0 aliphatic rings. The summed E-state index contributed by atoms with van der Waals surface area (Å²) in [6.07, 6.45) is 1.59. The van der Waals surface area contributed by atoms with Crippen LogP contribution in [0.15, 0.2) is 12.3 Å². The summed E-state index contributed by atoms with van der Waals surface area (Å²) in [6, 6.07) is 2.00. The van der Waals surface area contributed by atoms with Gasteiger partial charge in [0.05, 0.1) is 0 Å². The van der Waals surface area contributed by atoms with Gasteiger partial charge in [0.25, 0.3) is 0 Å². The molecule has 1 aromatic heterocycles. The lowest BCUT2D eigenvalue weighted by Crippen LogP contribution is -2.30. The Morgan fingerprint density at radius 1 is 1.42 bits per heavy atom. The largest absolute Gasteiger partial charge is 0.518 e. The Morgan fingerprint density at radius 3 is 2.58 bits per heavy atom. The van der Waals surface area contributed by atoms with Crippen LogP contribution in [0.25, 0.3) is 0 Å². The summed E-state index contributed by atoms with van der Waals surface area (Å²) in [5, 5.41) is 0.415. The summed E-state index contributed by atoms with van der Waals surface area (Å²) in [7, 11) is -1.60. The molecule has 0 saturated carbocycles. The molecule has 12 heavy (non-hydrogen) atoms. The Balaban J connectivity index is 2.77. The molecule has 0 amide bonds. The first-order chi connectivity index (χ1) is 5.47. The lowest BCUT2D eigenvalue weighted by Gasteiger charge is -2.16. The standard InChI is InChI=1S/C7H11ClN2OSi/c1-12(2,3)11-7-9-5-4-6(8)10-7/h4-5H,1-3H3. The first kappa shape index (κ1) is 9.47. The average molecular weight is 203 g/mol. The minimum Gasteiger partial charge on any atom is -0.518 e. The van der Waals surface area contributed by atoms with Crippen LogP contribution in [0.2, 0.25) is 24.8 Å². The van der Waals surface area contributed by atoms with Crippen molar-refractivity contribution in [2.75, 3.05) is 0 Å². The Morgan fingerprint density at radius 2 is 2.08 bits per heavy atom. The van der Waals surface area contributed by atoms with Crippen molar-refractivity contribution in [1.29, 1.82) is 0 Å². The number of aromatic nitrogens is 2. The maximum Gasteiger partial charge on any atom is 0.303 e. The van der Waals surface area contributed by atoms with Gasteiger partial charge in [-0.05, 0) is 25.7 Å². The van der Waals surface area contributed by atoms with Gasteiger partial charge < -0.3 is 4.43 Å². The molecule has 0 bridgehead atoms. The van der Waals surface area contributed by atoms with Crippen LogP contribution in [0.3, 0.4) is 0 Å². The lowest BCUT2D eigenvalue weighted by molar-refractivity contribution is 0.509. The highest BCUT2D eigenvalue weighted by molar-refractivity contribution is 6.70. The summed E-state index contributed by atoms with van der Waals surface area (Å²) < 4.78 is 5.51. The van der Waals surface area contributed by atoms with E-state index in [1.165, 1.54) is 0 Å². The molecule has 5 heteroatoms. The highest BCUT2D eigenvalue weighted by Crippen LogP contribution is 2.12. The van der Waals surface area contributed by atoms with Gasteiger partial charge in [-0.15, -0.1) is 0 Å². The molecule has 66 valence electrons. The highest BCUT2D eigenvalue weighted by atomic mass is 35.5. The predicted molar refractivity (Wildman–Crippen MR) is 51.0 cm³/mol. The quantitative estimate of drug-likeness (QED) is 0.546. The molecule has 0 aromatic carbocycles. The molecule has 3 nitrogen and oxygen atoms in total. The zero-order valence-electron chi connectivity index (χ0n) is 7.34. The molecule has 1 aromatic rings. The van der Waals surface area contributed by atoms with Crippen molar-refractivity contribution < 1.29 is 4.43 Å². The number of nitrogens with zero attached hydrogens (tertiary/aromatic N) is 2. The van der Waals surface area contributed by atoms with Crippen LogP contribution in [0, 0.1) is 0 Å². The number of rotatable bonds is 2. The Hall–Kier alpha value is -0.613. The van der Waals surface area contributed by atoms with E-state index < -0.39 is 8.32 Å². The van der Waals surface area contributed by atoms with E-state index in [-0.39, 0.29) is 0 Å². The molecule has 0 N–H and O–H groups in total. The summed E-state index contributed by atoms with van der Waals surface area (Å²) in [5.41, 5.74) is 0. The summed E-state index contributed by atoms with van der Waals surface area (Å²) in [6.45, 7) is 6.20. The molecule has 1 rings (SSSR count). The highest BCUT2D eigenvalue weighted by Gasteiger charge is 2.17. The van der Waals surface area contributed by atoms with E-state index in [2.05, 4.69) is 29.6 Å². The van der Waals surface area contributed by atoms with Gasteiger partial charge in [-0.3, -0.25) is 0 Å². The van der Waals surface area contributed by atoms with Gasteiger partial charge in [-0.25, -0.2) is 4.98 Å². The van der Waals surface area contributed by atoms with Gasteiger partial charge in [-0.2, -0.15) is 4.98 Å². The zero-order chi connectivity index (χ0) is 9.19. The van der Waals surface area contributed by atoms with Crippen molar-refractivity contribution in [2.24, 2.45) is 0 Å². The molecule has 1 heterocycles. The van der Waals surface area contributed by atoms with Crippen molar-refractivity contribution in [3.05, 3.63) is 17.4 Å². The fourth-order valence-corrected chi connectivity index (χ4v) is 1.42.